The molecule has 0 aliphatic heterocycles. The third-order valence-electron chi connectivity index (χ3n) is 14.2. The van der Waals surface area contributed by atoms with E-state index in [9.17, 15) is 19.0 Å². The number of carbonyl (C=O) groups is 2. The number of phosphoric acid groups is 1. The van der Waals surface area contributed by atoms with E-state index in [-0.39, 0.29) is 76.3 Å². The summed E-state index contributed by atoms with van der Waals surface area (Å²) in [5.74, 6) is 2.31. The minimum absolute atomic E-state index is 0. The van der Waals surface area contributed by atoms with Gasteiger partial charge in [0.15, 0.2) is 0 Å². The quantitative estimate of drug-likeness (QED) is 0.142. The van der Waals surface area contributed by atoms with Gasteiger partial charge in [-0.25, -0.2) is 0 Å². The van der Waals surface area contributed by atoms with Crippen molar-refractivity contribution in [3.05, 3.63) is 12.2 Å². The van der Waals surface area contributed by atoms with E-state index in [2.05, 4.69) is 52.6 Å². The van der Waals surface area contributed by atoms with Crippen molar-refractivity contribution in [3.8, 4) is 0 Å². The van der Waals surface area contributed by atoms with Crippen LogP contribution in [-0.4, -0.2) is 29.9 Å². The number of ether oxygens (including phenoxy) is 1. The summed E-state index contributed by atoms with van der Waals surface area (Å²) in [5, 5.41) is 0. The van der Waals surface area contributed by atoms with Crippen molar-refractivity contribution < 1.29 is 62.8 Å². The fourth-order valence-corrected chi connectivity index (χ4v) is 12.3. The van der Waals surface area contributed by atoms with Gasteiger partial charge in [-0.3, -0.25) is 14.2 Å². The summed E-state index contributed by atoms with van der Waals surface area (Å²) < 4.78 is 21.2. The van der Waals surface area contributed by atoms with Gasteiger partial charge >= 0.3 is 35.5 Å². The van der Waals surface area contributed by atoms with Gasteiger partial charge in [0, 0.05) is 11.8 Å². The number of phosphoric ester groups is 1. The van der Waals surface area contributed by atoms with E-state index >= 15 is 0 Å². The van der Waals surface area contributed by atoms with Gasteiger partial charge in [0.2, 0.25) is 0 Å². The van der Waals surface area contributed by atoms with Crippen LogP contribution >= 0.6 is 7.82 Å². The summed E-state index contributed by atoms with van der Waals surface area (Å²) >= 11 is 0. The van der Waals surface area contributed by atoms with Crippen LogP contribution < -0.4 is 34.5 Å². The Morgan fingerprint density at radius 3 is 2.28 bits per heavy atom. The number of rotatable bonds is 8. The minimum atomic E-state index is -4.73. The van der Waals surface area contributed by atoms with Crippen LogP contribution in [0.5, 0.6) is 0 Å². The molecule has 0 aromatic heterocycles. The van der Waals surface area contributed by atoms with Gasteiger partial charge in [-0.15, -0.1) is 0 Å². The van der Waals surface area contributed by atoms with E-state index in [0.717, 1.165) is 57.8 Å². The molecule has 9 heteroatoms. The fraction of sp³-hybridized carbons (Fsp3) is 0.882. The third kappa shape index (κ3) is 5.65. The number of carbonyl (C=O) groups excluding carboxylic acids is 2. The zero-order valence-corrected chi connectivity index (χ0v) is 30.7. The molecule has 0 radical (unpaired) electrons. The number of ketones is 1. The van der Waals surface area contributed by atoms with Gasteiger partial charge in [0.1, 0.15) is 5.78 Å². The molecular weight excluding hydrogens is 574 g/mol. The van der Waals surface area contributed by atoms with Crippen molar-refractivity contribution in [3.63, 3.8) is 0 Å². The summed E-state index contributed by atoms with van der Waals surface area (Å²) in [7, 11) is -4.73. The van der Waals surface area contributed by atoms with E-state index in [1.54, 1.807) is 0 Å². The average molecular weight is 629 g/mol. The largest absolute Gasteiger partial charge is 1.00 e. The zero-order valence-electron chi connectivity index (χ0n) is 27.8. The second-order valence-corrected chi connectivity index (χ2v) is 17.3. The van der Waals surface area contributed by atoms with Gasteiger partial charge in [0.25, 0.3) is 7.82 Å². The molecule has 5 rings (SSSR count). The number of unbranched alkanes of at least 4 members (excludes halogenated alkanes) is 1. The maximum atomic E-state index is 14.0. The van der Waals surface area contributed by atoms with Crippen LogP contribution in [-0.2, 0) is 23.4 Å². The number of Topliss-reactive ketones (excluding diaryl/α,β-unsaturated/α-hetero) is 1. The first-order valence-corrected chi connectivity index (χ1v) is 18.0. The van der Waals surface area contributed by atoms with Crippen molar-refractivity contribution in [1.82, 2.24) is 0 Å². The summed E-state index contributed by atoms with van der Waals surface area (Å²) in [6, 6.07) is 0. The summed E-state index contributed by atoms with van der Waals surface area (Å²) in [6.45, 7) is 18.7. The Hall–Kier alpha value is -0.0100. The molecule has 10 atom stereocenters. The van der Waals surface area contributed by atoms with Crippen LogP contribution in [0, 0.1) is 56.7 Å². The molecule has 0 heterocycles. The normalized spacial score (nSPS) is 44.5. The molecule has 238 valence electrons. The standard InChI is InChI=1S/C34H55O7P.Na/c1-22(2)23-12-17-34(29(36)40-20-8-9-21-41-42(37,38)39)19-18-32(6)24(28(23)34)10-11-26-31(5)15-14-27(35)30(3,4)25(31)13-16-33(26,32)7;/h23-26,28H,1,8-21H2,2-7H3,(H2,37,38,39);/q;+1/p-1/t23-,24+,25-,26+,28+,31-,32+,33+,34-;/m0./s1. The van der Waals surface area contributed by atoms with Crippen molar-refractivity contribution in [2.24, 2.45) is 56.7 Å². The monoisotopic (exact) mass is 628 g/mol. The molecule has 0 bridgehead atoms. The first-order valence-electron chi connectivity index (χ1n) is 16.5. The van der Waals surface area contributed by atoms with Crippen LogP contribution in [0.3, 0.4) is 0 Å². The van der Waals surface area contributed by atoms with Crippen molar-refractivity contribution in [2.45, 2.75) is 119 Å². The van der Waals surface area contributed by atoms with Crippen molar-refractivity contribution in [1.29, 1.82) is 0 Å². The first kappa shape index (κ1) is 35.8. The second-order valence-electron chi connectivity index (χ2n) is 16.1. The number of esters is 1. The smallest absolute Gasteiger partial charge is 0.756 e. The molecule has 43 heavy (non-hydrogen) atoms. The van der Waals surface area contributed by atoms with Crippen LogP contribution in [0.25, 0.3) is 0 Å². The number of hydrogen-bond donors (Lipinski definition) is 1. The topological polar surface area (TPSA) is 113 Å². The SMILES string of the molecule is C=C(C)[C@@H]1CC[C@]2(C(=O)OCCCCOP(=O)([O-])O)CC[C@]3(C)[C@H](CC[C@@H]4[C@@]5(C)CCC(=O)C(C)(C)[C@@H]5CC[C@]43C)[C@@H]12.[Na+]. The predicted octanol–water partition coefficient (Wildman–Crippen LogP) is 4.02. The molecule has 0 aromatic carbocycles. The molecule has 0 amide bonds. The van der Waals surface area contributed by atoms with Gasteiger partial charge in [0.05, 0.1) is 18.6 Å². The summed E-state index contributed by atoms with van der Waals surface area (Å²) in [6.07, 6.45) is 10.8. The van der Waals surface area contributed by atoms with Gasteiger partial charge in [-0.2, -0.15) is 0 Å². The van der Waals surface area contributed by atoms with E-state index in [1.165, 1.54) is 5.57 Å². The Bertz CT molecular complexity index is 1170. The van der Waals surface area contributed by atoms with Gasteiger partial charge < -0.3 is 19.0 Å². The molecule has 5 saturated carbocycles. The van der Waals surface area contributed by atoms with E-state index in [0.29, 0.717) is 48.7 Å². The first-order chi connectivity index (χ1) is 19.4. The van der Waals surface area contributed by atoms with Crippen LogP contribution in [0.2, 0.25) is 0 Å². The molecule has 0 saturated heterocycles. The molecule has 1 N–H and O–H groups in total. The molecule has 7 nitrogen and oxygen atoms in total. The maximum Gasteiger partial charge on any atom is 1.00 e. The number of fused-ring (bicyclic) bond motifs is 7. The Balaban J connectivity index is 0.00000423. The molecular formula is C34H54NaO7P. The number of allylic oxidation sites excluding steroid dienone is 1. The maximum absolute atomic E-state index is 14.0. The Morgan fingerprint density at radius 1 is 0.953 bits per heavy atom. The molecule has 5 aliphatic carbocycles. The predicted molar refractivity (Wildman–Crippen MR) is 160 cm³/mol. The molecule has 1 unspecified atom stereocenters. The Kier molecular flexibility index (Phi) is 10.2. The van der Waals surface area contributed by atoms with Crippen LogP contribution in [0.15, 0.2) is 12.2 Å². The minimum Gasteiger partial charge on any atom is -0.756 e. The van der Waals surface area contributed by atoms with Crippen molar-refractivity contribution in [2.75, 3.05) is 13.2 Å². The molecule has 5 fully saturated rings. The average Bonchev–Trinajstić information content (AvgIpc) is 3.29. The Morgan fingerprint density at radius 2 is 1.63 bits per heavy atom. The molecule has 0 spiro atoms. The number of hydrogen-bond acceptors (Lipinski definition) is 6. The van der Waals surface area contributed by atoms with E-state index in [4.69, 9.17) is 9.63 Å². The van der Waals surface area contributed by atoms with E-state index < -0.39 is 13.2 Å². The van der Waals surface area contributed by atoms with Crippen molar-refractivity contribution >= 4 is 19.6 Å². The molecule has 5 aliphatic rings. The zero-order chi connectivity index (χ0) is 30.9. The summed E-state index contributed by atoms with van der Waals surface area (Å²) in [5.41, 5.74) is 0.850. The van der Waals surface area contributed by atoms with Gasteiger partial charge in [-0.1, -0.05) is 46.8 Å². The van der Waals surface area contributed by atoms with Crippen LogP contribution in [0.1, 0.15) is 119 Å². The Labute approximate surface area is 281 Å². The van der Waals surface area contributed by atoms with E-state index in [1.807, 2.05) is 0 Å². The third-order valence-corrected chi connectivity index (χ3v) is 14.8. The molecule has 0 aromatic rings. The van der Waals surface area contributed by atoms with Gasteiger partial charge in [-0.05, 0) is 123 Å². The summed E-state index contributed by atoms with van der Waals surface area (Å²) in [4.78, 5) is 46.6. The second kappa shape index (κ2) is 12.2. The van der Waals surface area contributed by atoms with Crippen LogP contribution in [0.4, 0.5) is 0 Å². The fourth-order valence-electron chi connectivity index (χ4n) is 12.0.